The number of piperidine rings is 1. The summed E-state index contributed by atoms with van der Waals surface area (Å²) in [5, 5.41) is 2.66. The van der Waals surface area contributed by atoms with Gasteiger partial charge in [0.2, 0.25) is 5.91 Å². The van der Waals surface area contributed by atoms with Gasteiger partial charge in [-0.2, -0.15) is 17.4 Å². The van der Waals surface area contributed by atoms with Gasteiger partial charge in [-0.05, 0) is 31.0 Å². The van der Waals surface area contributed by atoms with Crippen LogP contribution in [0.4, 0.5) is 5.69 Å². The number of rotatable bonds is 5. The van der Waals surface area contributed by atoms with E-state index in [1.165, 1.54) is 21.0 Å². The van der Waals surface area contributed by atoms with Gasteiger partial charge >= 0.3 is 0 Å². The lowest BCUT2D eigenvalue weighted by Crippen LogP contribution is -2.49. The fourth-order valence-electron chi connectivity index (χ4n) is 2.63. The number of nitrogens with one attached hydrogen (secondary N) is 2. The molecular weight excluding hydrogens is 344 g/mol. The summed E-state index contributed by atoms with van der Waals surface area (Å²) < 4.78 is 27.5. The molecule has 0 bridgehead atoms. The zero-order valence-corrected chi connectivity index (χ0v) is 15.5. The minimum absolute atomic E-state index is 0.124. The van der Waals surface area contributed by atoms with Crippen LogP contribution in [0.2, 0.25) is 0 Å². The molecule has 2 N–H and O–H groups in total. The predicted molar refractivity (Wildman–Crippen MR) is 95.4 cm³/mol. The SMILES string of the molecule is CC(=O)Nc1cccc(C(=O)N2CCC(NS(=O)(=O)N(C)C)CC2)c1. The molecule has 0 radical (unpaired) electrons. The maximum absolute atomic E-state index is 12.6. The first-order chi connectivity index (χ1) is 11.7. The quantitative estimate of drug-likeness (QED) is 0.797. The molecule has 0 aromatic heterocycles. The Balaban J connectivity index is 1.96. The van der Waals surface area contributed by atoms with Crippen LogP contribution in [0.1, 0.15) is 30.1 Å². The average molecular weight is 368 g/mol. The van der Waals surface area contributed by atoms with Crippen molar-refractivity contribution < 1.29 is 18.0 Å². The molecule has 0 atom stereocenters. The number of anilines is 1. The van der Waals surface area contributed by atoms with E-state index in [0.29, 0.717) is 37.2 Å². The Morgan fingerprint density at radius 1 is 1.20 bits per heavy atom. The van der Waals surface area contributed by atoms with Crippen LogP contribution in [0.3, 0.4) is 0 Å². The zero-order chi connectivity index (χ0) is 18.6. The van der Waals surface area contributed by atoms with E-state index in [9.17, 15) is 18.0 Å². The van der Waals surface area contributed by atoms with Gasteiger partial charge < -0.3 is 10.2 Å². The van der Waals surface area contributed by atoms with Crippen LogP contribution in [-0.4, -0.2) is 62.7 Å². The largest absolute Gasteiger partial charge is 0.339 e. The van der Waals surface area contributed by atoms with Gasteiger partial charge in [0.25, 0.3) is 16.1 Å². The molecule has 8 nitrogen and oxygen atoms in total. The topological polar surface area (TPSA) is 98.8 Å². The highest BCUT2D eigenvalue weighted by Gasteiger charge is 2.27. The first-order valence-corrected chi connectivity index (χ1v) is 9.50. The third kappa shape index (κ3) is 5.25. The van der Waals surface area contributed by atoms with Gasteiger partial charge in [0.1, 0.15) is 0 Å². The van der Waals surface area contributed by atoms with E-state index in [1.807, 2.05) is 0 Å². The molecule has 1 aromatic carbocycles. The van der Waals surface area contributed by atoms with Gasteiger partial charge in [0.05, 0.1) is 0 Å². The van der Waals surface area contributed by atoms with E-state index in [1.54, 1.807) is 29.2 Å². The molecule has 0 saturated carbocycles. The minimum Gasteiger partial charge on any atom is -0.339 e. The van der Waals surface area contributed by atoms with Gasteiger partial charge in [-0.15, -0.1) is 0 Å². The van der Waals surface area contributed by atoms with E-state index in [2.05, 4.69) is 10.0 Å². The molecule has 0 aliphatic carbocycles. The van der Waals surface area contributed by atoms with Crippen molar-refractivity contribution in [3.05, 3.63) is 29.8 Å². The normalized spacial score (nSPS) is 16.1. The number of nitrogens with zero attached hydrogens (tertiary/aromatic N) is 2. The van der Waals surface area contributed by atoms with Crippen molar-refractivity contribution in [3.63, 3.8) is 0 Å². The fourth-order valence-corrected chi connectivity index (χ4v) is 3.50. The first kappa shape index (κ1) is 19.4. The molecule has 2 amide bonds. The summed E-state index contributed by atoms with van der Waals surface area (Å²) in [5.74, 6) is -0.320. The smallest absolute Gasteiger partial charge is 0.279 e. The second kappa shape index (κ2) is 7.94. The molecule has 1 aliphatic rings. The molecule has 1 aliphatic heterocycles. The lowest BCUT2D eigenvalue weighted by molar-refractivity contribution is -0.114. The monoisotopic (exact) mass is 368 g/mol. The van der Waals surface area contributed by atoms with Crippen molar-refractivity contribution in [3.8, 4) is 0 Å². The highest BCUT2D eigenvalue weighted by atomic mass is 32.2. The van der Waals surface area contributed by atoms with Crippen molar-refractivity contribution in [2.75, 3.05) is 32.5 Å². The second-order valence-electron chi connectivity index (χ2n) is 6.23. The van der Waals surface area contributed by atoms with E-state index in [0.717, 1.165) is 4.31 Å². The molecule has 25 heavy (non-hydrogen) atoms. The van der Waals surface area contributed by atoms with Crippen LogP contribution < -0.4 is 10.0 Å². The van der Waals surface area contributed by atoms with Crippen LogP contribution in [0, 0.1) is 0 Å². The Morgan fingerprint density at radius 2 is 1.84 bits per heavy atom. The summed E-state index contributed by atoms with van der Waals surface area (Å²) in [6.45, 7) is 2.36. The molecule has 9 heteroatoms. The molecule has 138 valence electrons. The Morgan fingerprint density at radius 3 is 2.40 bits per heavy atom. The van der Waals surface area contributed by atoms with Crippen molar-refractivity contribution >= 4 is 27.7 Å². The van der Waals surface area contributed by atoms with Gasteiger partial charge in [-0.3, -0.25) is 9.59 Å². The Bertz CT molecular complexity index is 740. The third-order valence-electron chi connectivity index (χ3n) is 4.01. The summed E-state index contributed by atoms with van der Waals surface area (Å²) in [5.41, 5.74) is 1.07. The maximum atomic E-state index is 12.6. The number of amides is 2. The number of hydrogen-bond acceptors (Lipinski definition) is 4. The van der Waals surface area contributed by atoms with Crippen LogP contribution >= 0.6 is 0 Å². The van der Waals surface area contributed by atoms with E-state index < -0.39 is 10.2 Å². The number of hydrogen-bond donors (Lipinski definition) is 2. The van der Waals surface area contributed by atoms with Gasteiger partial charge in [0, 0.05) is 51.4 Å². The van der Waals surface area contributed by atoms with E-state index in [-0.39, 0.29) is 17.9 Å². The molecule has 1 heterocycles. The summed E-state index contributed by atoms with van der Waals surface area (Å²) in [6, 6.07) is 6.61. The molecule has 1 fully saturated rings. The summed E-state index contributed by atoms with van der Waals surface area (Å²) in [4.78, 5) is 25.4. The third-order valence-corrected chi connectivity index (χ3v) is 5.60. The lowest BCUT2D eigenvalue weighted by Gasteiger charge is -2.32. The zero-order valence-electron chi connectivity index (χ0n) is 14.7. The van der Waals surface area contributed by atoms with E-state index in [4.69, 9.17) is 0 Å². The van der Waals surface area contributed by atoms with Gasteiger partial charge in [-0.25, -0.2) is 0 Å². The number of carbonyl (C=O) groups excluding carboxylic acids is 2. The van der Waals surface area contributed by atoms with Crippen molar-refractivity contribution in [2.24, 2.45) is 0 Å². The maximum Gasteiger partial charge on any atom is 0.279 e. The molecule has 2 rings (SSSR count). The molecule has 1 saturated heterocycles. The minimum atomic E-state index is -3.47. The Hall–Kier alpha value is -1.97. The molecule has 1 aromatic rings. The summed E-state index contributed by atoms with van der Waals surface area (Å²) in [6.07, 6.45) is 1.12. The van der Waals surface area contributed by atoms with Gasteiger partial charge in [0.15, 0.2) is 0 Å². The second-order valence-corrected chi connectivity index (χ2v) is 8.15. The number of benzene rings is 1. The summed E-state index contributed by atoms with van der Waals surface area (Å²) >= 11 is 0. The highest BCUT2D eigenvalue weighted by Crippen LogP contribution is 2.17. The van der Waals surface area contributed by atoms with Crippen molar-refractivity contribution in [1.29, 1.82) is 0 Å². The number of carbonyl (C=O) groups is 2. The van der Waals surface area contributed by atoms with Crippen LogP contribution in [-0.2, 0) is 15.0 Å². The Labute approximate surface area is 148 Å². The standard InChI is InChI=1S/C16H24N4O4S/c1-12(21)17-15-6-4-5-13(11-15)16(22)20-9-7-14(8-10-20)18-25(23,24)19(2)3/h4-6,11,14,18H,7-10H2,1-3H3,(H,17,21). The fraction of sp³-hybridized carbons (Fsp3) is 0.500. The van der Waals surface area contributed by atoms with Crippen molar-refractivity contribution in [2.45, 2.75) is 25.8 Å². The van der Waals surface area contributed by atoms with Gasteiger partial charge in [-0.1, -0.05) is 6.07 Å². The average Bonchev–Trinajstić information content (AvgIpc) is 2.54. The Kier molecular flexibility index (Phi) is 6.15. The van der Waals surface area contributed by atoms with Crippen LogP contribution in [0.25, 0.3) is 0 Å². The van der Waals surface area contributed by atoms with Crippen molar-refractivity contribution in [1.82, 2.24) is 13.9 Å². The highest BCUT2D eigenvalue weighted by molar-refractivity contribution is 7.87. The van der Waals surface area contributed by atoms with Crippen LogP contribution in [0.15, 0.2) is 24.3 Å². The molecule has 0 unspecified atom stereocenters. The predicted octanol–water partition coefficient (Wildman–Crippen LogP) is 0.646. The van der Waals surface area contributed by atoms with Crippen LogP contribution in [0.5, 0.6) is 0 Å². The lowest BCUT2D eigenvalue weighted by atomic mass is 10.0. The van der Waals surface area contributed by atoms with E-state index >= 15 is 0 Å². The molecular formula is C16H24N4O4S. The number of likely N-dealkylation sites (tertiary alicyclic amines) is 1. The first-order valence-electron chi connectivity index (χ1n) is 8.06. The molecule has 0 spiro atoms. The summed E-state index contributed by atoms with van der Waals surface area (Å²) in [7, 11) is -0.515.